The minimum absolute atomic E-state index is 0.292. The molecule has 0 saturated heterocycles. The first-order valence-electron chi connectivity index (χ1n) is 15.2. The van der Waals surface area contributed by atoms with Crippen LogP contribution in [0.25, 0.3) is 57.0 Å². The van der Waals surface area contributed by atoms with Gasteiger partial charge in [0.15, 0.2) is 0 Å². The number of para-hydroxylation sites is 2. The second kappa shape index (κ2) is 11.3. The summed E-state index contributed by atoms with van der Waals surface area (Å²) in [6, 6.07) is 26.4. The van der Waals surface area contributed by atoms with Gasteiger partial charge >= 0.3 is 0 Å². The predicted octanol–water partition coefficient (Wildman–Crippen LogP) is 10.9. The third-order valence-corrected chi connectivity index (χ3v) is 8.54. The molecule has 1 unspecified atom stereocenters. The Balaban J connectivity index is 1.41. The van der Waals surface area contributed by atoms with Gasteiger partial charge in [0.1, 0.15) is 0 Å². The van der Waals surface area contributed by atoms with E-state index in [1.807, 2.05) is 6.08 Å². The Kier molecular flexibility index (Phi) is 7.04. The van der Waals surface area contributed by atoms with Crippen molar-refractivity contribution in [2.75, 3.05) is 0 Å². The summed E-state index contributed by atoms with van der Waals surface area (Å²) in [4.78, 5) is 0. The fourth-order valence-electron chi connectivity index (χ4n) is 6.65. The highest BCUT2D eigenvalue weighted by atomic mass is 15.0. The minimum atomic E-state index is 0.292. The van der Waals surface area contributed by atoms with E-state index in [9.17, 15) is 0 Å². The molecule has 5 aromatic rings. The lowest BCUT2D eigenvalue weighted by atomic mass is 10.0. The quantitative estimate of drug-likeness (QED) is 0.191. The second-order valence-corrected chi connectivity index (χ2v) is 11.3. The van der Waals surface area contributed by atoms with Gasteiger partial charge in [-0.25, -0.2) is 0 Å². The van der Waals surface area contributed by atoms with E-state index in [4.69, 9.17) is 0 Å². The average molecular weight is 557 g/mol. The summed E-state index contributed by atoms with van der Waals surface area (Å²) in [6.07, 6.45) is 26.6. The van der Waals surface area contributed by atoms with Gasteiger partial charge in [-0.2, -0.15) is 0 Å². The maximum Gasteiger partial charge on any atom is 0.0541 e. The molecule has 2 aromatic heterocycles. The third kappa shape index (κ3) is 4.70. The fourth-order valence-corrected chi connectivity index (χ4v) is 6.65. The molecule has 2 nitrogen and oxygen atoms in total. The van der Waals surface area contributed by atoms with Crippen LogP contribution in [0.5, 0.6) is 0 Å². The summed E-state index contributed by atoms with van der Waals surface area (Å²) in [6.45, 7) is 8.60. The Labute approximate surface area is 254 Å². The highest BCUT2D eigenvalue weighted by molar-refractivity contribution is 6.09. The molecule has 2 aliphatic carbocycles. The Morgan fingerprint density at radius 2 is 1.60 bits per heavy atom. The number of hydrogen-bond acceptors (Lipinski definition) is 0. The van der Waals surface area contributed by atoms with Gasteiger partial charge in [-0.15, -0.1) is 0 Å². The largest absolute Gasteiger partial charge is 0.313 e. The molecule has 43 heavy (non-hydrogen) atoms. The topological polar surface area (TPSA) is 9.86 Å². The van der Waals surface area contributed by atoms with Crippen molar-refractivity contribution in [3.8, 4) is 5.69 Å². The van der Waals surface area contributed by atoms with Crippen molar-refractivity contribution in [3.05, 3.63) is 156 Å². The van der Waals surface area contributed by atoms with Gasteiger partial charge in [0.2, 0.25) is 0 Å². The molecule has 0 bridgehead atoms. The molecule has 7 rings (SSSR count). The predicted molar refractivity (Wildman–Crippen MR) is 187 cm³/mol. The van der Waals surface area contributed by atoms with E-state index in [1.165, 1.54) is 55.5 Å². The van der Waals surface area contributed by atoms with E-state index >= 15 is 0 Å². The summed E-state index contributed by atoms with van der Waals surface area (Å²) in [7, 11) is 0. The van der Waals surface area contributed by atoms with Gasteiger partial charge in [0.25, 0.3) is 0 Å². The van der Waals surface area contributed by atoms with Crippen LogP contribution in [0.4, 0.5) is 0 Å². The number of rotatable bonds is 5. The molecular weight excluding hydrogens is 520 g/mol. The molecule has 2 aliphatic rings. The lowest BCUT2D eigenvalue weighted by Gasteiger charge is -2.15. The van der Waals surface area contributed by atoms with Crippen LogP contribution in [0.2, 0.25) is 0 Å². The van der Waals surface area contributed by atoms with Crippen molar-refractivity contribution in [1.29, 1.82) is 0 Å². The maximum absolute atomic E-state index is 4.26. The fraction of sp³-hybridized carbons (Fsp3) is 0.122. The molecule has 210 valence electrons. The van der Waals surface area contributed by atoms with Gasteiger partial charge in [-0.05, 0) is 72.9 Å². The van der Waals surface area contributed by atoms with Crippen LogP contribution in [0, 0.1) is 5.92 Å². The van der Waals surface area contributed by atoms with Crippen LogP contribution in [-0.4, -0.2) is 9.13 Å². The highest BCUT2D eigenvalue weighted by Gasteiger charge is 2.21. The Morgan fingerprint density at radius 1 is 0.837 bits per heavy atom. The summed E-state index contributed by atoms with van der Waals surface area (Å²) in [5.74, 6) is 0.292. The van der Waals surface area contributed by atoms with Crippen LogP contribution in [0.3, 0.4) is 0 Å². The summed E-state index contributed by atoms with van der Waals surface area (Å²) < 4.78 is 4.81. The van der Waals surface area contributed by atoms with Gasteiger partial charge in [-0.3, -0.25) is 0 Å². The second-order valence-electron chi connectivity index (χ2n) is 11.3. The van der Waals surface area contributed by atoms with E-state index in [-0.39, 0.29) is 0 Å². The molecule has 1 atom stereocenters. The SMILES string of the molecule is C=Cc1c(/C=C\C)c2c(n1C1=CC(c3cccc(-n4c5ccccc5c5ccccc54)c3)=CC(C)C=C1)C/C=C\CC=C2. The van der Waals surface area contributed by atoms with Gasteiger partial charge in [-0.1, -0.05) is 111 Å². The Bertz CT molecular complexity index is 2010. The van der Waals surface area contributed by atoms with Crippen molar-refractivity contribution in [2.24, 2.45) is 5.92 Å². The lowest BCUT2D eigenvalue weighted by molar-refractivity contribution is 0.940. The molecule has 0 saturated carbocycles. The molecule has 0 radical (unpaired) electrons. The number of aromatic nitrogens is 2. The molecule has 3 aromatic carbocycles. The summed E-state index contributed by atoms with van der Waals surface area (Å²) >= 11 is 0. The van der Waals surface area contributed by atoms with Crippen molar-refractivity contribution in [3.63, 3.8) is 0 Å². The number of benzene rings is 3. The summed E-state index contributed by atoms with van der Waals surface area (Å²) in [5.41, 5.74) is 12.1. The van der Waals surface area contributed by atoms with Gasteiger partial charge in [0.05, 0.1) is 16.7 Å². The normalized spacial score (nSPS) is 17.4. The molecule has 0 spiro atoms. The number of fused-ring (bicyclic) bond motifs is 4. The van der Waals surface area contributed by atoms with Crippen molar-refractivity contribution in [1.82, 2.24) is 9.13 Å². The van der Waals surface area contributed by atoms with Gasteiger partial charge < -0.3 is 9.13 Å². The monoisotopic (exact) mass is 556 g/mol. The number of hydrogen-bond donors (Lipinski definition) is 0. The first-order valence-corrected chi connectivity index (χ1v) is 15.2. The number of allylic oxidation sites excluding steroid dienone is 10. The molecule has 0 N–H and O–H groups in total. The van der Waals surface area contributed by atoms with E-state index < -0.39 is 0 Å². The Hall–Kier alpha value is -5.08. The van der Waals surface area contributed by atoms with Crippen LogP contribution in [0.1, 0.15) is 48.3 Å². The first kappa shape index (κ1) is 26.8. The van der Waals surface area contributed by atoms with E-state index in [0.29, 0.717) is 5.92 Å². The molecule has 2 heterocycles. The highest BCUT2D eigenvalue weighted by Crippen LogP contribution is 2.36. The first-order chi connectivity index (χ1) is 21.2. The molecular formula is C41H36N2. The van der Waals surface area contributed by atoms with E-state index in [1.54, 1.807) is 0 Å². The third-order valence-electron chi connectivity index (χ3n) is 8.54. The lowest BCUT2D eigenvalue weighted by Crippen LogP contribution is -2.04. The zero-order valence-electron chi connectivity index (χ0n) is 24.9. The molecule has 0 aliphatic heterocycles. The van der Waals surface area contributed by atoms with Gasteiger partial charge in [0, 0.05) is 45.4 Å². The zero-order chi connectivity index (χ0) is 29.3. The minimum Gasteiger partial charge on any atom is -0.313 e. The average Bonchev–Trinajstić information content (AvgIpc) is 3.41. The van der Waals surface area contributed by atoms with Crippen LogP contribution in [0.15, 0.2) is 128 Å². The van der Waals surface area contributed by atoms with E-state index in [0.717, 1.165) is 24.2 Å². The summed E-state index contributed by atoms with van der Waals surface area (Å²) in [5, 5.41) is 2.55. The zero-order valence-corrected chi connectivity index (χ0v) is 24.9. The van der Waals surface area contributed by atoms with Crippen molar-refractivity contribution in [2.45, 2.75) is 26.7 Å². The maximum atomic E-state index is 4.26. The standard InChI is InChI=1S/C41H36N2/c1-4-15-34-35-18-8-6-7-9-21-39(35)42(38(34)5-2)33-25-24-29(3)26-31(28-33)30-16-14-17-32(27-30)43-40-22-12-10-19-36(40)37-20-11-13-23-41(37)43/h4-5,7-20,22-29H,2,6,21H2,1,3H3/b9-7-,15-4-,18-8?. The smallest absolute Gasteiger partial charge is 0.0541 e. The van der Waals surface area contributed by atoms with Crippen molar-refractivity contribution < 1.29 is 0 Å². The molecule has 0 fully saturated rings. The Morgan fingerprint density at radius 3 is 2.35 bits per heavy atom. The van der Waals surface area contributed by atoms with Crippen LogP contribution in [-0.2, 0) is 6.42 Å². The number of nitrogens with zero attached hydrogens (tertiary/aromatic N) is 2. The molecule has 2 heteroatoms. The van der Waals surface area contributed by atoms with Crippen LogP contribution >= 0.6 is 0 Å². The van der Waals surface area contributed by atoms with Crippen LogP contribution < -0.4 is 0 Å². The molecule has 0 amide bonds. The van der Waals surface area contributed by atoms with E-state index in [2.05, 4.69) is 163 Å². The van der Waals surface area contributed by atoms with Crippen molar-refractivity contribution >= 4 is 51.3 Å².